The Balaban J connectivity index is 1.83. The lowest BCUT2D eigenvalue weighted by Gasteiger charge is -2.28. The molecule has 9 nitrogen and oxygen atoms in total. The predicted octanol–water partition coefficient (Wildman–Crippen LogP) is 1.85. The second-order valence-electron chi connectivity index (χ2n) is 10.1. The number of aliphatic hydroxyl groups excluding tert-OH is 2. The van der Waals surface area contributed by atoms with Crippen LogP contribution >= 0.6 is 0 Å². The van der Waals surface area contributed by atoms with E-state index in [1.807, 2.05) is 6.07 Å². The van der Waals surface area contributed by atoms with Crippen LogP contribution in [0.2, 0.25) is 0 Å². The van der Waals surface area contributed by atoms with Gasteiger partial charge in [0.15, 0.2) is 0 Å². The van der Waals surface area contributed by atoms with E-state index in [0.29, 0.717) is 50.3 Å². The smallest absolute Gasteiger partial charge is 0.255 e. The van der Waals surface area contributed by atoms with E-state index < -0.39 is 24.2 Å². The number of hydrogen-bond donors (Lipinski definition) is 5. The lowest BCUT2D eigenvalue weighted by molar-refractivity contribution is -0.128. The van der Waals surface area contributed by atoms with Crippen molar-refractivity contribution in [3.05, 3.63) is 29.8 Å². The van der Waals surface area contributed by atoms with Crippen LogP contribution in [0, 0.1) is 17.8 Å². The first kappa shape index (κ1) is 30.0. The second kappa shape index (κ2) is 15.8. The lowest BCUT2D eigenvalue weighted by atomic mass is 9.87. The fraction of sp³-hybridized carbons (Fsp3) is 0.704. The average Bonchev–Trinajstić information content (AvgIpc) is 3.30. The van der Waals surface area contributed by atoms with Crippen molar-refractivity contribution in [2.75, 3.05) is 33.4 Å². The van der Waals surface area contributed by atoms with Crippen LogP contribution in [0.1, 0.15) is 62.7 Å². The van der Waals surface area contributed by atoms with Crippen molar-refractivity contribution in [2.45, 2.75) is 70.6 Å². The molecule has 2 amide bonds. The molecule has 1 aliphatic rings. The Morgan fingerprint density at radius 3 is 2.50 bits per heavy atom. The molecule has 1 aromatic rings. The quantitative estimate of drug-likeness (QED) is 0.215. The van der Waals surface area contributed by atoms with E-state index in [1.165, 1.54) is 0 Å². The number of nitrogens with two attached hydrogens (primary N) is 1. The molecule has 1 unspecified atom stereocenters. The molecule has 0 bridgehead atoms. The number of aliphatic hydroxyl groups is 2. The Hall–Kier alpha value is -2.20. The molecule has 1 fully saturated rings. The summed E-state index contributed by atoms with van der Waals surface area (Å²) in [5.41, 5.74) is 6.74. The molecule has 0 spiro atoms. The lowest BCUT2D eigenvalue weighted by Crippen LogP contribution is -2.47. The zero-order chi connectivity index (χ0) is 26.5. The summed E-state index contributed by atoms with van der Waals surface area (Å²) < 4.78 is 10.9. The van der Waals surface area contributed by atoms with Crippen molar-refractivity contribution >= 4 is 11.8 Å². The SMILES string of the molecule is COCCCCOc1ccccc1C(=O)NC[C@@H](C[C@H](N)[C@@H](O)CNC(=O)C1CCC[C@@H]1O)C(C)C. The molecule has 1 saturated carbocycles. The number of carbonyl (C=O) groups excluding carboxylic acids is 2. The summed E-state index contributed by atoms with van der Waals surface area (Å²) in [4.78, 5) is 25.2. The van der Waals surface area contributed by atoms with Crippen molar-refractivity contribution in [3.8, 4) is 5.75 Å². The van der Waals surface area contributed by atoms with Gasteiger partial charge in [0.25, 0.3) is 5.91 Å². The van der Waals surface area contributed by atoms with Crippen LogP contribution in [0.5, 0.6) is 5.75 Å². The number of ether oxygens (including phenoxy) is 2. The van der Waals surface area contributed by atoms with Crippen molar-refractivity contribution < 1.29 is 29.3 Å². The number of methoxy groups -OCH3 is 1. The molecule has 2 rings (SSSR count). The zero-order valence-corrected chi connectivity index (χ0v) is 21.9. The topological polar surface area (TPSA) is 143 Å². The Morgan fingerprint density at radius 1 is 1.11 bits per heavy atom. The highest BCUT2D eigenvalue weighted by Crippen LogP contribution is 2.25. The zero-order valence-electron chi connectivity index (χ0n) is 21.9. The number of para-hydroxylation sites is 1. The maximum Gasteiger partial charge on any atom is 0.255 e. The summed E-state index contributed by atoms with van der Waals surface area (Å²) in [6, 6.07) is 6.61. The highest BCUT2D eigenvalue weighted by atomic mass is 16.5. The number of rotatable bonds is 16. The average molecular weight is 508 g/mol. The summed E-state index contributed by atoms with van der Waals surface area (Å²) in [7, 11) is 1.67. The maximum atomic E-state index is 12.9. The first-order chi connectivity index (χ1) is 17.2. The van der Waals surface area contributed by atoms with Crippen LogP contribution < -0.4 is 21.1 Å². The summed E-state index contributed by atoms with van der Waals surface area (Å²) in [5.74, 6) is -0.0664. The minimum atomic E-state index is -0.920. The van der Waals surface area contributed by atoms with Gasteiger partial charge in [-0.2, -0.15) is 0 Å². The molecule has 6 N–H and O–H groups in total. The van der Waals surface area contributed by atoms with Gasteiger partial charge >= 0.3 is 0 Å². The van der Waals surface area contributed by atoms with Crippen molar-refractivity contribution in [2.24, 2.45) is 23.5 Å². The molecule has 1 aliphatic carbocycles. The van der Waals surface area contributed by atoms with Crippen LogP contribution in [-0.4, -0.2) is 73.7 Å². The van der Waals surface area contributed by atoms with Crippen LogP contribution in [0.3, 0.4) is 0 Å². The molecule has 0 aliphatic heterocycles. The molecule has 36 heavy (non-hydrogen) atoms. The molecule has 0 aromatic heterocycles. The second-order valence-corrected chi connectivity index (χ2v) is 10.1. The first-order valence-corrected chi connectivity index (χ1v) is 13.1. The van der Waals surface area contributed by atoms with E-state index in [-0.39, 0.29) is 30.2 Å². The van der Waals surface area contributed by atoms with Crippen LogP contribution in [-0.2, 0) is 9.53 Å². The molecule has 0 saturated heterocycles. The van der Waals surface area contributed by atoms with Gasteiger partial charge in [0.2, 0.25) is 5.91 Å². The van der Waals surface area contributed by atoms with Crippen molar-refractivity contribution in [1.29, 1.82) is 0 Å². The number of carbonyl (C=O) groups is 2. The molecule has 0 heterocycles. The van der Waals surface area contributed by atoms with Crippen LogP contribution in [0.25, 0.3) is 0 Å². The van der Waals surface area contributed by atoms with Crippen LogP contribution in [0.4, 0.5) is 0 Å². The van der Waals surface area contributed by atoms with Gasteiger partial charge in [-0.05, 0) is 62.5 Å². The Labute approximate surface area is 215 Å². The Bertz CT molecular complexity index is 805. The third-order valence-corrected chi connectivity index (χ3v) is 6.97. The van der Waals surface area contributed by atoms with Crippen molar-refractivity contribution in [1.82, 2.24) is 10.6 Å². The highest BCUT2D eigenvalue weighted by Gasteiger charge is 2.32. The van der Waals surface area contributed by atoms with Gasteiger partial charge in [0.05, 0.1) is 30.3 Å². The number of nitrogens with one attached hydrogen (secondary N) is 2. The Kier molecular flexibility index (Phi) is 13.2. The fourth-order valence-electron chi connectivity index (χ4n) is 4.46. The molecule has 1 aromatic carbocycles. The van der Waals surface area contributed by atoms with Gasteiger partial charge in [0, 0.05) is 32.8 Å². The normalized spacial score (nSPS) is 20.1. The molecule has 5 atom stereocenters. The fourth-order valence-corrected chi connectivity index (χ4v) is 4.46. The summed E-state index contributed by atoms with van der Waals surface area (Å²) in [5, 5.41) is 26.1. The third-order valence-electron chi connectivity index (χ3n) is 6.97. The Morgan fingerprint density at radius 2 is 1.83 bits per heavy atom. The summed E-state index contributed by atoms with van der Waals surface area (Å²) in [6.07, 6.45) is 2.79. The monoisotopic (exact) mass is 507 g/mol. The number of unbranched alkanes of at least 4 members (excludes halogenated alkanes) is 1. The van der Waals surface area contributed by atoms with Gasteiger partial charge in [-0.3, -0.25) is 9.59 Å². The van der Waals surface area contributed by atoms with E-state index >= 15 is 0 Å². The van der Waals surface area contributed by atoms with E-state index in [4.69, 9.17) is 15.2 Å². The van der Waals surface area contributed by atoms with Gasteiger partial charge in [-0.25, -0.2) is 0 Å². The van der Waals surface area contributed by atoms with Gasteiger partial charge in [-0.1, -0.05) is 26.0 Å². The van der Waals surface area contributed by atoms with Gasteiger partial charge in [-0.15, -0.1) is 0 Å². The predicted molar refractivity (Wildman–Crippen MR) is 139 cm³/mol. The number of amides is 2. The van der Waals surface area contributed by atoms with E-state index in [9.17, 15) is 19.8 Å². The minimum Gasteiger partial charge on any atom is -0.493 e. The standard InChI is InChI=1S/C27H45N3O6/c1-18(2)19(15-22(28)24(32)17-30-26(33)20-10-8-11-23(20)31)16-29-27(34)21-9-4-5-12-25(21)36-14-7-6-13-35-3/h4-5,9,12,18-20,22-24,31-32H,6-8,10-11,13-17,28H2,1-3H3,(H,29,34)(H,30,33)/t19-,20?,22+,23+,24+/m1/s1. The minimum absolute atomic E-state index is 0.0353. The van der Waals surface area contributed by atoms with Crippen molar-refractivity contribution in [3.63, 3.8) is 0 Å². The molecule has 0 radical (unpaired) electrons. The molecular formula is C27H45N3O6. The highest BCUT2D eigenvalue weighted by molar-refractivity contribution is 5.96. The molecular weight excluding hydrogens is 462 g/mol. The number of benzene rings is 1. The first-order valence-electron chi connectivity index (χ1n) is 13.1. The molecule has 204 valence electrons. The summed E-state index contributed by atoms with van der Waals surface area (Å²) in [6.45, 7) is 5.72. The van der Waals surface area contributed by atoms with Gasteiger partial charge < -0.3 is 36.1 Å². The summed E-state index contributed by atoms with van der Waals surface area (Å²) >= 11 is 0. The van der Waals surface area contributed by atoms with E-state index in [0.717, 1.165) is 19.3 Å². The third kappa shape index (κ3) is 9.69. The van der Waals surface area contributed by atoms with Gasteiger partial charge in [0.1, 0.15) is 5.75 Å². The number of hydrogen-bond acceptors (Lipinski definition) is 7. The molecule has 9 heteroatoms. The van der Waals surface area contributed by atoms with E-state index in [2.05, 4.69) is 24.5 Å². The van der Waals surface area contributed by atoms with E-state index in [1.54, 1.807) is 25.3 Å². The van der Waals surface area contributed by atoms with Crippen LogP contribution in [0.15, 0.2) is 24.3 Å². The largest absolute Gasteiger partial charge is 0.493 e. The maximum absolute atomic E-state index is 12.9.